The topological polar surface area (TPSA) is 82.1 Å². The van der Waals surface area contributed by atoms with Crippen molar-refractivity contribution in [1.82, 2.24) is 0 Å². The van der Waals surface area contributed by atoms with Gasteiger partial charge in [-0.15, -0.1) is 0 Å². The molecule has 0 aliphatic heterocycles. The lowest BCUT2D eigenvalue weighted by Crippen LogP contribution is -2.38. The molecule has 1 N–H and O–H groups in total. The van der Waals surface area contributed by atoms with Gasteiger partial charge in [-0.05, 0) is 6.42 Å². The Labute approximate surface area is 147 Å². The number of hydrogen-bond acceptors (Lipinski definition) is 6. The van der Waals surface area contributed by atoms with Gasteiger partial charge in [-0.3, -0.25) is 0 Å². The third kappa shape index (κ3) is 6.91. The number of aliphatic hydroxyl groups is 1. The van der Waals surface area contributed by atoms with E-state index in [4.69, 9.17) is 14.2 Å². The van der Waals surface area contributed by atoms with Gasteiger partial charge in [-0.25, -0.2) is 9.59 Å². The van der Waals surface area contributed by atoms with Gasteiger partial charge in [-0.1, -0.05) is 50.4 Å². The number of esters is 2. The summed E-state index contributed by atoms with van der Waals surface area (Å²) in [5.74, 6) is -1.17. The van der Waals surface area contributed by atoms with Crippen LogP contribution in [0, 0.1) is 5.41 Å². The van der Waals surface area contributed by atoms with E-state index in [-0.39, 0.29) is 19.8 Å². The largest absolute Gasteiger partial charge is 0.462 e. The first-order valence-electron chi connectivity index (χ1n) is 7.89. The van der Waals surface area contributed by atoms with Crippen molar-refractivity contribution in [1.29, 1.82) is 0 Å². The first kappa shape index (κ1) is 20.6. The lowest BCUT2D eigenvalue weighted by Gasteiger charge is -2.32. The Morgan fingerprint density at radius 3 is 2.04 bits per heavy atom. The summed E-state index contributed by atoms with van der Waals surface area (Å²) >= 11 is 0. The molecule has 0 bridgehead atoms. The van der Waals surface area contributed by atoms with Crippen LogP contribution < -0.4 is 0 Å². The molecule has 0 fully saturated rings. The van der Waals surface area contributed by atoms with Crippen LogP contribution >= 0.6 is 0 Å². The molecule has 0 aliphatic rings. The Bertz CT molecular complexity index is 557. The van der Waals surface area contributed by atoms with Gasteiger partial charge in [-0.2, -0.15) is 0 Å². The monoisotopic (exact) mass is 348 g/mol. The Balaban J connectivity index is 2.79. The molecule has 0 spiro atoms. The number of hydrogen-bond donors (Lipinski definition) is 1. The normalized spacial score (nSPS) is 12.1. The van der Waals surface area contributed by atoms with E-state index in [0.29, 0.717) is 12.0 Å². The Kier molecular flexibility index (Phi) is 8.60. The lowest BCUT2D eigenvalue weighted by molar-refractivity contribution is -0.167. The first-order valence-corrected chi connectivity index (χ1v) is 7.89. The molecule has 1 rings (SSSR count). The predicted molar refractivity (Wildman–Crippen MR) is 92.4 cm³/mol. The van der Waals surface area contributed by atoms with Crippen LogP contribution in [0.2, 0.25) is 0 Å². The molecule has 0 saturated carbocycles. The molecule has 1 aromatic carbocycles. The highest BCUT2D eigenvalue weighted by Gasteiger charge is 2.33. The predicted octanol–water partition coefficient (Wildman–Crippen LogP) is 2.55. The molecule has 0 heterocycles. The zero-order chi connectivity index (χ0) is 18.7. The van der Waals surface area contributed by atoms with Gasteiger partial charge in [0.25, 0.3) is 0 Å². The molecule has 1 atom stereocenters. The number of carbonyl (C=O) groups excluding carboxylic acids is 2. The third-order valence-corrected chi connectivity index (χ3v) is 3.76. The molecule has 1 aromatic rings. The van der Waals surface area contributed by atoms with Crippen LogP contribution in [0.25, 0.3) is 0 Å². The zero-order valence-electron chi connectivity index (χ0n) is 14.3. The van der Waals surface area contributed by atoms with Gasteiger partial charge in [0.1, 0.15) is 13.2 Å². The lowest BCUT2D eigenvalue weighted by atomic mass is 9.88. The summed E-state index contributed by atoms with van der Waals surface area (Å²) in [5, 5.41) is 10.2. The van der Waals surface area contributed by atoms with Gasteiger partial charge in [0.05, 0.1) is 12.0 Å². The minimum absolute atomic E-state index is 0.0222. The van der Waals surface area contributed by atoms with Crippen molar-refractivity contribution >= 4 is 11.9 Å². The summed E-state index contributed by atoms with van der Waals surface area (Å²) in [6.45, 7) is 8.48. The van der Waals surface area contributed by atoms with E-state index >= 15 is 0 Å². The molecular formula is C19H24O6. The second-order valence-electron chi connectivity index (χ2n) is 5.55. The Hall–Kier alpha value is -2.44. The standard InChI is InChI=1S/C19H24O6/c1-4-16(20)23-12-19(6-3,13-24-17(21)5-2)14-25-18(22)15-10-8-7-9-11-15/h4-5,7-11,18,22H,1-2,6,12-14H2,3H3. The average molecular weight is 348 g/mol. The molecule has 0 aliphatic carbocycles. The summed E-state index contributed by atoms with van der Waals surface area (Å²) in [6, 6.07) is 8.86. The molecule has 0 saturated heterocycles. The summed E-state index contributed by atoms with van der Waals surface area (Å²) < 4.78 is 15.8. The van der Waals surface area contributed by atoms with Crippen LogP contribution in [0.15, 0.2) is 55.6 Å². The van der Waals surface area contributed by atoms with Crippen molar-refractivity contribution in [3.8, 4) is 0 Å². The van der Waals surface area contributed by atoms with Crippen molar-refractivity contribution in [3.05, 3.63) is 61.2 Å². The zero-order valence-corrected chi connectivity index (χ0v) is 14.3. The minimum Gasteiger partial charge on any atom is -0.462 e. The van der Waals surface area contributed by atoms with E-state index in [1.165, 1.54) is 0 Å². The maximum absolute atomic E-state index is 11.4. The van der Waals surface area contributed by atoms with Gasteiger partial charge in [0.2, 0.25) is 0 Å². The van der Waals surface area contributed by atoms with Crippen LogP contribution in [0.1, 0.15) is 25.2 Å². The second-order valence-corrected chi connectivity index (χ2v) is 5.55. The molecule has 25 heavy (non-hydrogen) atoms. The highest BCUT2D eigenvalue weighted by molar-refractivity contribution is 5.81. The van der Waals surface area contributed by atoms with Crippen molar-refractivity contribution in [3.63, 3.8) is 0 Å². The number of carbonyl (C=O) groups is 2. The van der Waals surface area contributed by atoms with Crippen molar-refractivity contribution in [2.45, 2.75) is 19.6 Å². The fraction of sp³-hybridized carbons (Fsp3) is 0.368. The number of rotatable bonds is 11. The maximum atomic E-state index is 11.4. The van der Waals surface area contributed by atoms with E-state index in [0.717, 1.165) is 12.2 Å². The van der Waals surface area contributed by atoms with E-state index in [9.17, 15) is 14.7 Å². The number of ether oxygens (including phenoxy) is 3. The summed E-state index contributed by atoms with van der Waals surface area (Å²) in [6.07, 6.45) is 1.45. The van der Waals surface area contributed by atoms with Crippen LogP contribution in [0.3, 0.4) is 0 Å². The van der Waals surface area contributed by atoms with E-state index in [2.05, 4.69) is 13.2 Å². The highest BCUT2D eigenvalue weighted by Crippen LogP contribution is 2.27. The fourth-order valence-corrected chi connectivity index (χ4v) is 1.97. The van der Waals surface area contributed by atoms with Gasteiger partial charge in [0.15, 0.2) is 6.29 Å². The molecule has 0 amide bonds. The Morgan fingerprint density at radius 2 is 1.60 bits per heavy atom. The maximum Gasteiger partial charge on any atom is 0.330 e. The molecular weight excluding hydrogens is 324 g/mol. The second kappa shape index (κ2) is 10.4. The molecule has 0 radical (unpaired) electrons. The first-order chi connectivity index (χ1) is 12.0. The van der Waals surface area contributed by atoms with Gasteiger partial charge >= 0.3 is 11.9 Å². The highest BCUT2D eigenvalue weighted by atomic mass is 16.6. The average Bonchev–Trinajstić information content (AvgIpc) is 2.67. The minimum atomic E-state index is -1.14. The van der Waals surface area contributed by atoms with Crippen molar-refractivity contribution < 1.29 is 28.9 Å². The van der Waals surface area contributed by atoms with Crippen LogP contribution in [-0.2, 0) is 23.8 Å². The summed E-state index contributed by atoms with van der Waals surface area (Å²) in [7, 11) is 0. The van der Waals surface area contributed by atoms with E-state index < -0.39 is 23.6 Å². The van der Waals surface area contributed by atoms with Crippen LogP contribution in [0.5, 0.6) is 0 Å². The molecule has 0 aromatic heterocycles. The van der Waals surface area contributed by atoms with Gasteiger partial charge in [0, 0.05) is 17.7 Å². The van der Waals surface area contributed by atoms with E-state index in [1.54, 1.807) is 24.3 Å². The van der Waals surface area contributed by atoms with Gasteiger partial charge < -0.3 is 19.3 Å². The molecule has 6 nitrogen and oxygen atoms in total. The van der Waals surface area contributed by atoms with Crippen LogP contribution in [-0.4, -0.2) is 36.9 Å². The number of benzene rings is 1. The molecule has 6 heteroatoms. The SMILES string of the molecule is C=CC(=O)OCC(CC)(COC(=O)C=C)COC(O)c1ccccc1. The van der Waals surface area contributed by atoms with Crippen molar-refractivity contribution in [2.75, 3.05) is 19.8 Å². The van der Waals surface area contributed by atoms with E-state index in [1.807, 2.05) is 13.0 Å². The fourth-order valence-electron chi connectivity index (χ4n) is 1.97. The molecule has 1 unspecified atom stereocenters. The summed E-state index contributed by atoms with van der Waals surface area (Å²) in [5.41, 5.74) is -0.203. The third-order valence-electron chi connectivity index (χ3n) is 3.76. The summed E-state index contributed by atoms with van der Waals surface area (Å²) in [4.78, 5) is 22.7. The molecule has 136 valence electrons. The van der Waals surface area contributed by atoms with Crippen LogP contribution in [0.4, 0.5) is 0 Å². The number of aliphatic hydroxyl groups excluding tert-OH is 1. The quantitative estimate of drug-likeness (QED) is 0.376. The smallest absolute Gasteiger partial charge is 0.330 e. The van der Waals surface area contributed by atoms with Crippen molar-refractivity contribution in [2.24, 2.45) is 5.41 Å². The Morgan fingerprint density at radius 1 is 1.08 bits per heavy atom.